The van der Waals surface area contributed by atoms with Crippen LogP contribution >= 0.6 is 0 Å². The Hall–Kier alpha value is -3.33. The smallest absolute Gasteiger partial charge is 0.228 e. The zero-order chi connectivity index (χ0) is 23.5. The Kier molecular flexibility index (Phi) is 6.59. The number of nitrogens with zero attached hydrogens (tertiary/aromatic N) is 3. The molecule has 9 heteroatoms. The molecule has 168 valence electrons. The molecule has 0 bridgehead atoms. The van der Waals surface area contributed by atoms with Crippen LogP contribution in [-0.4, -0.2) is 40.4 Å². The van der Waals surface area contributed by atoms with Crippen LogP contribution in [-0.2, 0) is 33.5 Å². The lowest BCUT2D eigenvalue weighted by Gasteiger charge is -2.20. The highest BCUT2D eigenvalue weighted by Gasteiger charge is 2.33. The number of rotatable bonds is 8. The molecular weight excluding hydrogens is 428 g/mol. The van der Waals surface area contributed by atoms with Gasteiger partial charge in [0, 0.05) is 13.2 Å². The summed E-state index contributed by atoms with van der Waals surface area (Å²) in [7, 11) is -1.43. The first-order chi connectivity index (χ1) is 15.0. The van der Waals surface area contributed by atoms with Gasteiger partial charge in [0.15, 0.2) is 15.6 Å². The summed E-state index contributed by atoms with van der Waals surface area (Å²) in [6.45, 7) is 5.18. The summed E-state index contributed by atoms with van der Waals surface area (Å²) in [6, 6.07) is 9.47. The number of carbonyl (C=O) groups is 2. The van der Waals surface area contributed by atoms with Crippen LogP contribution in [0.15, 0.2) is 60.0 Å². The third-order valence-electron chi connectivity index (χ3n) is 5.22. The van der Waals surface area contributed by atoms with Gasteiger partial charge in [0.2, 0.25) is 5.91 Å². The van der Waals surface area contributed by atoms with E-state index in [9.17, 15) is 18.0 Å². The summed E-state index contributed by atoms with van der Waals surface area (Å²) in [5, 5.41) is 2.74. The average molecular weight is 455 g/mol. The minimum atomic E-state index is -3.27. The van der Waals surface area contributed by atoms with Crippen molar-refractivity contribution in [1.29, 1.82) is 0 Å². The van der Waals surface area contributed by atoms with E-state index in [0.29, 0.717) is 16.9 Å². The molecule has 0 aliphatic heterocycles. The number of sulfone groups is 1. The van der Waals surface area contributed by atoms with Gasteiger partial charge in [0.05, 0.1) is 46.4 Å². The summed E-state index contributed by atoms with van der Waals surface area (Å²) < 4.78 is 25.5. The number of carbonyl (C=O) groups excluding carboxylic acids is 2. The maximum Gasteiger partial charge on any atom is 0.228 e. The van der Waals surface area contributed by atoms with Crippen LogP contribution in [0.1, 0.15) is 42.5 Å². The molecule has 0 fully saturated rings. The second-order valence-corrected chi connectivity index (χ2v) is 10.4. The topological polar surface area (TPSA) is 111 Å². The SMILES string of the molecule is CCS(=O)(=O)c1ccc(CC(=O)Nc2ccc(C(=O)C(C)(C)c3cn(C)cn3)nc2)cc1. The Morgan fingerprint density at radius 3 is 2.28 bits per heavy atom. The molecule has 0 aliphatic rings. The van der Waals surface area contributed by atoms with Crippen molar-refractivity contribution in [3.63, 3.8) is 0 Å². The quantitative estimate of drug-likeness (QED) is 0.524. The van der Waals surface area contributed by atoms with E-state index < -0.39 is 15.3 Å². The Morgan fingerprint density at radius 2 is 1.75 bits per heavy atom. The third-order valence-corrected chi connectivity index (χ3v) is 6.97. The highest BCUT2D eigenvalue weighted by atomic mass is 32.2. The number of aryl methyl sites for hydroxylation is 1. The third kappa shape index (κ3) is 5.11. The van der Waals surface area contributed by atoms with Crippen LogP contribution in [0, 0.1) is 0 Å². The van der Waals surface area contributed by atoms with Gasteiger partial charge in [-0.2, -0.15) is 0 Å². The van der Waals surface area contributed by atoms with Crippen LogP contribution in [0.5, 0.6) is 0 Å². The fourth-order valence-electron chi connectivity index (χ4n) is 3.15. The van der Waals surface area contributed by atoms with E-state index in [1.165, 1.54) is 18.3 Å². The number of aromatic nitrogens is 3. The molecule has 1 N–H and O–H groups in total. The lowest BCUT2D eigenvalue weighted by atomic mass is 9.83. The summed E-state index contributed by atoms with van der Waals surface area (Å²) in [5.74, 6) is -0.417. The van der Waals surface area contributed by atoms with Gasteiger partial charge in [0.25, 0.3) is 0 Å². The van der Waals surface area contributed by atoms with Crippen LogP contribution < -0.4 is 5.32 Å². The fraction of sp³-hybridized carbons (Fsp3) is 0.304. The number of Topliss-reactive ketones (excluding diaryl/α,β-unsaturated/α-hetero) is 1. The average Bonchev–Trinajstić information content (AvgIpc) is 3.21. The second kappa shape index (κ2) is 9.04. The number of benzene rings is 1. The zero-order valence-corrected chi connectivity index (χ0v) is 19.3. The van der Waals surface area contributed by atoms with Crippen LogP contribution in [0.4, 0.5) is 5.69 Å². The predicted octanol–water partition coefficient (Wildman–Crippen LogP) is 2.95. The number of hydrogen-bond acceptors (Lipinski definition) is 6. The maximum atomic E-state index is 12.9. The standard InChI is InChI=1S/C23H26N4O4S/c1-5-32(30,31)18-9-6-16(7-10-18)12-21(28)26-17-8-11-19(24-13-17)22(29)23(2,3)20-14-27(4)15-25-20/h6-11,13-15H,5,12H2,1-4H3,(H,26,28). The number of ketones is 1. The van der Waals surface area contributed by atoms with Crippen molar-refractivity contribution in [2.45, 2.75) is 37.5 Å². The molecule has 2 aromatic heterocycles. The van der Waals surface area contributed by atoms with Gasteiger partial charge in [0.1, 0.15) is 5.69 Å². The van der Waals surface area contributed by atoms with E-state index in [0.717, 1.165) is 0 Å². The molecule has 1 amide bonds. The maximum absolute atomic E-state index is 12.9. The molecular formula is C23H26N4O4S. The highest BCUT2D eigenvalue weighted by molar-refractivity contribution is 7.91. The second-order valence-electron chi connectivity index (χ2n) is 8.08. The van der Waals surface area contributed by atoms with Crippen LogP contribution in [0.2, 0.25) is 0 Å². The zero-order valence-electron chi connectivity index (χ0n) is 18.5. The molecule has 0 spiro atoms. The van der Waals surface area contributed by atoms with Crippen LogP contribution in [0.25, 0.3) is 0 Å². The van der Waals surface area contributed by atoms with Crippen LogP contribution in [0.3, 0.4) is 0 Å². The summed E-state index contributed by atoms with van der Waals surface area (Å²) >= 11 is 0. The van der Waals surface area contributed by atoms with E-state index in [-0.39, 0.29) is 34.5 Å². The molecule has 0 saturated heterocycles. The Balaban J connectivity index is 1.64. The van der Waals surface area contributed by atoms with Crippen molar-refractivity contribution >= 4 is 27.2 Å². The van der Waals surface area contributed by atoms with Gasteiger partial charge < -0.3 is 9.88 Å². The number of pyridine rings is 1. The molecule has 0 radical (unpaired) electrons. The molecule has 2 heterocycles. The molecule has 3 aromatic rings. The number of hydrogen-bond donors (Lipinski definition) is 1. The molecule has 0 unspecified atom stereocenters. The van der Waals surface area contributed by atoms with Gasteiger partial charge in [-0.05, 0) is 43.7 Å². The largest absolute Gasteiger partial charge is 0.340 e. The lowest BCUT2D eigenvalue weighted by Crippen LogP contribution is -2.30. The number of imidazole rings is 1. The van der Waals surface area contributed by atoms with E-state index in [4.69, 9.17) is 0 Å². The Labute approximate surface area is 187 Å². The summed E-state index contributed by atoms with van der Waals surface area (Å²) in [6.07, 6.45) is 4.97. The molecule has 0 saturated carbocycles. The molecule has 8 nitrogen and oxygen atoms in total. The van der Waals surface area contributed by atoms with Crippen molar-refractivity contribution in [2.75, 3.05) is 11.1 Å². The van der Waals surface area contributed by atoms with E-state index in [2.05, 4.69) is 15.3 Å². The number of nitrogens with one attached hydrogen (secondary N) is 1. The number of amides is 1. The highest BCUT2D eigenvalue weighted by Crippen LogP contribution is 2.26. The van der Waals surface area contributed by atoms with E-state index >= 15 is 0 Å². The molecule has 3 rings (SSSR count). The van der Waals surface area contributed by atoms with E-state index in [1.807, 2.05) is 7.05 Å². The van der Waals surface area contributed by atoms with Crippen molar-refractivity contribution in [1.82, 2.24) is 14.5 Å². The first kappa shape index (κ1) is 23.3. The van der Waals surface area contributed by atoms with E-state index in [1.54, 1.807) is 62.1 Å². The van der Waals surface area contributed by atoms with Crippen molar-refractivity contribution in [3.8, 4) is 0 Å². The normalized spacial score (nSPS) is 11.9. The monoisotopic (exact) mass is 454 g/mol. The van der Waals surface area contributed by atoms with Gasteiger partial charge in [-0.3, -0.25) is 14.6 Å². The minimum Gasteiger partial charge on any atom is -0.340 e. The minimum absolute atomic E-state index is 0.0252. The lowest BCUT2D eigenvalue weighted by molar-refractivity contribution is -0.115. The molecule has 32 heavy (non-hydrogen) atoms. The van der Waals surface area contributed by atoms with Gasteiger partial charge in [-0.1, -0.05) is 19.1 Å². The van der Waals surface area contributed by atoms with Gasteiger partial charge >= 0.3 is 0 Å². The summed E-state index contributed by atoms with van der Waals surface area (Å²) in [4.78, 5) is 34.0. The van der Waals surface area contributed by atoms with Crippen molar-refractivity contribution in [2.24, 2.45) is 7.05 Å². The fourth-order valence-corrected chi connectivity index (χ4v) is 4.03. The number of anilines is 1. The van der Waals surface area contributed by atoms with Crippen molar-refractivity contribution < 1.29 is 18.0 Å². The summed E-state index contributed by atoms with van der Waals surface area (Å²) in [5.41, 5.74) is 1.26. The molecule has 0 atom stereocenters. The van der Waals surface area contributed by atoms with Gasteiger partial charge in [-0.25, -0.2) is 13.4 Å². The van der Waals surface area contributed by atoms with Crippen molar-refractivity contribution in [3.05, 3.63) is 72.1 Å². The molecule has 1 aromatic carbocycles. The first-order valence-electron chi connectivity index (χ1n) is 10.1. The first-order valence-corrected chi connectivity index (χ1v) is 11.8. The Bertz CT molecular complexity index is 1230. The van der Waals surface area contributed by atoms with Gasteiger partial charge in [-0.15, -0.1) is 0 Å². The Morgan fingerprint density at radius 1 is 1.06 bits per heavy atom. The molecule has 0 aliphatic carbocycles. The predicted molar refractivity (Wildman–Crippen MR) is 121 cm³/mol.